The van der Waals surface area contributed by atoms with E-state index in [1.165, 1.54) is 18.3 Å². The van der Waals surface area contributed by atoms with Gasteiger partial charge in [-0.1, -0.05) is 6.07 Å². The van der Waals surface area contributed by atoms with Crippen molar-refractivity contribution in [3.63, 3.8) is 0 Å². The van der Waals surface area contributed by atoms with Crippen molar-refractivity contribution >= 4 is 29.5 Å². The zero-order chi connectivity index (χ0) is 32.2. The molecule has 2 amide bonds. The summed E-state index contributed by atoms with van der Waals surface area (Å²) >= 11 is 0. The van der Waals surface area contributed by atoms with E-state index in [4.69, 9.17) is 9.47 Å². The Morgan fingerprint density at radius 3 is 2.02 bits per heavy atom. The molecule has 3 aromatic rings. The van der Waals surface area contributed by atoms with Gasteiger partial charge in [0.1, 0.15) is 28.7 Å². The Hall–Kier alpha value is -4.54. The number of aromatic nitrogens is 1. The number of nitrogens with zero attached hydrogens (tertiary/aromatic N) is 3. The number of nitrogens with one attached hydrogen (secondary N) is 1. The lowest BCUT2D eigenvalue weighted by molar-refractivity contribution is 0.0240. The monoisotopic (exact) mass is 608 g/mol. The third kappa shape index (κ3) is 8.98. The van der Waals surface area contributed by atoms with Crippen LogP contribution in [-0.2, 0) is 15.9 Å². The van der Waals surface area contributed by atoms with Crippen LogP contribution < -0.4 is 10.2 Å². The van der Waals surface area contributed by atoms with Crippen LogP contribution in [0.5, 0.6) is 0 Å². The number of amides is 2. The highest BCUT2D eigenvalue weighted by molar-refractivity contribution is 5.99. The van der Waals surface area contributed by atoms with Crippen LogP contribution in [0.1, 0.15) is 57.5 Å². The molecule has 2 aromatic carbocycles. The number of halogens is 2. The summed E-state index contributed by atoms with van der Waals surface area (Å²) in [6.07, 6.45) is 0.323. The number of piperazine rings is 1. The van der Waals surface area contributed by atoms with Crippen LogP contribution in [0.15, 0.2) is 54.7 Å². The van der Waals surface area contributed by atoms with Gasteiger partial charge < -0.3 is 19.3 Å². The van der Waals surface area contributed by atoms with Gasteiger partial charge in [-0.2, -0.15) is 0 Å². The van der Waals surface area contributed by atoms with Gasteiger partial charge in [0.15, 0.2) is 5.78 Å². The number of hydrogen-bond acceptors (Lipinski definition) is 7. The van der Waals surface area contributed by atoms with E-state index in [9.17, 15) is 23.2 Å². The van der Waals surface area contributed by atoms with Crippen LogP contribution in [0, 0.1) is 11.6 Å². The van der Waals surface area contributed by atoms with Crippen LogP contribution in [0.3, 0.4) is 0 Å². The fourth-order valence-corrected chi connectivity index (χ4v) is 4.63. The number of ketones is 1. The summed E-state index contributed by atoms with van der Waals surface area (Å²) in [6.45, 7) is 12.8. The van der Waals surface area contributed by atoms with Crippen LogP contribution in [0.2, 0.25) is 0 Å². The van der Waals surface area contributed by atoms with Crippen LogP contribution >= 0.6 is 0 Å². The Morgan fingerprint density at radius 1 is 0.818 bits per heavy atom. The first-order chi connectivity index (χ1) is 20.6. The molecule has 1 aliphatic rings. The van der Waals surface area contributed by atoms with Crippen molar-refractivity contribution in [3.8, 4) is 11.1 Å². The molecule has 4 rings (SSSR count). The van der Waals surface area contributed by atoms with Gasteiger partial charge in [0.25, 0.3) is 0 Å². The predicted octanol–water partition coefficient (Wildman–Crippen LogP) is 6.86. The maximum atomic E-state index is 13.9. The SMILES string of the molecule is CC(C)(C)OC(=O)Nc1ccc(-c2cc(F)cc(F)c2)cc1CC(=O)c1ccc(N2CCN(C(=O)OC(C)(C)C)CC2)nc1. The van der Waals surface area contributed by atoms with E-state index in [1.807, 2.05) is 25.7 Å². The zero-order valence-electron chi connectivity index (χ0n) is 25.9. The number of carbonyl (C=O) groups is 3. The molecule has 0 spiro atoms. The lowest BCUT2D eigenvalue weighted by Gasteiger charge is -2.36. The highest BCUT2D eigenvalue weighted by Gasteiger charge is 2.26. The van der Waals surface area contributed by atoms with E-state index < -0.39 is 28.9 Å². The van der Waals surface area contributed by atoms with E-state index in [-0.39, 0.29) is 23.9 Å². The van der Waals surface area contributed by atoms with Crippen molar-refractivity contribution < 1.29 is 32.6 Å². The van der Waals surface area contributed by atoms with Gasteiger partial charge in [0, 0.05) is 56.1 Å². The first-order valence-electron chi connectivity index (χ1n) is 14.4. The minimum Gasteiger partial charge on any atom is -0.444 e. The summed E-state index contributed by atoms with van der Waals surface area (Å²) in [7, 11) is 0. The molecule has 11 heteroatoms. The first-order valence-corrected chi connectivity index (χ1v) is 14.4. The molecule has 1 aromatic heterocycles. The van der Waals surface area contributed by atoms with Gasteiger partial charge in [-0.05, 0) is 94.6 Å². The maximum absolute atomic E-state index is 13.9. The van der Waals surface area contributed by atoms with E-state index in [0.29, 0.717) is 54.4 Å². The quantitative estimate of drug-likeness (QED) is 0.305. The van der Waals surface area contributed by atoms with Crippen LogP contribution in [0.25, 0.3) is 11.1 Å². The number of anilines is 2. The molecular formula is C33H38F2N4O5. The molecular weight excluding hydrogens is 570 g/mol. The molecule has 0 bridgehead atoms. The Kier molecular flexibility index (Phi) is 9.56. The second kappa shape index (κ2) is 13.0. The molecule has 1 saturated heterocycles. The standard InChI is InChI=1S/C33H38F2N4O5/c1-32(2,3)43-30(41)37-27-9-7-21(23-16-25(34)19-26(35)17-23)15-24(27)18-28(40)22-8-10-29(36-20-22)38-11-13-39(14-12-38)31(42)44-33(4,5)6/h7-10,15-17,19-20H,11-14,18H2,1-6H3,(H,37,41). The van der Waals surface area contributed by atoms with Crippen LogP contribution in [-0.4, -0.2) is 65.2 Å². The summed E-state index contributed by atoms with van der Waals surface area (Å²) in [6, 6.07) is 11.4. The fraction of sp³-hybridized carbons (Fsp3) is 0.394. The normalized spacial score (nSPS) is 13.8. The van der Waals surface area contributed by atoms with Crippen molar-refractivity contribution in [2.75, 3.05) is 36.4 Å². The predicted molar refractivity (Wildman–Crippen MR) is 164 cm³/mol. The molecule has 44 heavy (non-hydrogen) atoms. The molecule has 1 fully saturated rings. The van der Waals surface area contributed by atoms with Gasteiger partial charge >= 0.3 is 12.2 Å². The second-order valence-corrected chi connectivity index (χ2v) is 12.6. The summed E-state index contributed by atoms with van der Waals surface area (Å²) in [4.78, 5) is 46.5. The molecule has 234 valence electrons. The number of hydrogen-bond donors (Lipinski definition) is 1. The summed E-state index contributed by atoms with van der Waals surface area (Å²) in [5, 5.41) is 2.68. The lowest BCUT2D eigenvalue weighted by atomic mass is 9.97. The first kappa shape index (κ1) is 32.4. The van der Waals surface area contributed by atoms with Crippen molar-refractivity contribution in [2.24, 2.45) is 0 Å². The number of carbonyl (C=O) groups excluding carboxylic acids is 3. The van der Waals surface area contributed by atoms with Crippen molar-refractivity contribution in [3.05, 3.63) is 77.5 Å². The molecule has 0 saturated carbocycles. The summed E-state index contributed by atoms with van der Waals surface area (Å²) in [5.74, 6) is -1.06. The Morgan fingerprint density at radius 2 is 1.45 bits per heavy atom. The van der Waals surface area contributed by atoms with E-state index in [1.54, 1.807) is 56.0 Å². The van der Waals surface area contributed by atoms with E-state index in [2.05, 4.69) is 10.3 Å². The topological polar surface area (TPSA) is 101 Å². The molecule has 0 atom stereocenters. The Bertz CT molecular complexity index is 1500. The molecule has 1 aliphatic heterocycles. The molecule has 2 heterocycles. The highest BCUT2D eigenvalue weighted by Crippen LogP contribution is 2.28. The molecule has 0 aliphatic carbocycles. The molecule has 0 radical (unpaired) electrons. The van der Waals surface area contributed by atoms with Gasteiger partial charge in [0.05, 0.1) is 0 Å². The number of rotatable bonds is 6. The van der Waals surface area contributed by atoms with Crippen LogP contribution in [0.4, 0.5) is 29.9 Å². The minimum atomic E-state index is -0.741. The van der Waals surface area contributed by atoms with Gasteiger partial charge in [-0.3, -0.25) is 10.1 Å². The molecule has 1 N–H and O–H groups in total. The number of pyridine rings is 1. The van der Waals surface area contributed by atoms with E-state index >= 15 is 0 Å². The van der Waals surface area contributed by atoms with Gasteiger partial charge in [-0.25, -0.2) is 23.4 Å². The number of Topliss-reactive ketones (excluding diaryl/α,β-unsaturated/α-hetero) is 1. The largest absolute Gasteiger partial charge is 0.444 e. The smallest absolute Gasteiger partial charge is 0.412 e. The fourth-order valence-electron chi connectivity index (χ4n) is 4.63. The maximum Gasteiger partial charge on any atom is 0.412 e. The van der Waals surface area contributed by atoms with Gasteiger partial charge in [0.2, 0.25) is 0 Å². The van der Waals surface area contributed by atoms with Crippen molar-refractivity contribution in [1.82, 2.24) is 9.88 Å². The number of benzene rings is 2. The summed E-state index contributed by atoms with van der Waals surface area (Å²) < 4.78 is 38.7. The van der Waals surface area contributed by atoms with Crippen molar-refractivity contribution in [1.29, 1.82) is 0 Å². The Balaban J connectivity index is 1.49. The average molecular weight is 609 g/mol. The average Bonchev–Trinajstić information content (AvgIpc) is 2.91. The second-order valence-electron chi connectivity index (χ2n) is 12.6. The third-order valence-electron chi connectivity index (χ3n) is 6.61. The minimum absolute atomic E-state index is 0.119. The number of ether oxygens (including phenoxy) is 2. The zero-order valence-corrected chi connectivity index (χ0v) is 25.9. The Labute approximate surface area is 256 Å². The van der Waals surface area contributed by atoms with Crippen molar-refractivity contribution in [2.45, 2.75) is 59.2 Å². The summed E-state index contributed by atoms with van der Waals surface area (Å²) in [5.41, 5.74) is 0.577. The third-order valence-corrected chi connectivity index (χ3v) is 6.61. The lowest BCUT2D eigenvalue weighted by Crippen LogP contribution is -2.50. The highest BCUT2D eigenvalue weighted by atomic mass is 19.1. The van der Waals surface area contributed by atoms with E-state index in [0.717, 1.165) is 6.07 Å². The molecule has 0 unspecified atom stereocenters. The van der Waals surface area contributed by atoms with Gasteiger partial charge in [-0.15, -0.1) is 0 Å². The molecule has 9 nitrogen and oxygen atoms in total.